The van der Waals surface area contributed by atoms with Crippen LogP contribution in [-0.4, -0.2) is 17.6 Å². The summed E-state index contributed by atoms with van der Waals surface area (Å²) in [6.45, 7) is 1.97. The summed E-state index contributed by atoms with van der Waals surface area (Å²) in [4.78, 5) is 0. The summed E-state index contributed by atoms with van der Waals surface area (Å²) >= 11 is 0. The van der Waals surface area contributed by atoms with E-state index in [4.69, 9.17) is 5.11 Å². The highest BCUT2D eigenvalue weighted by Crippen LogP contribution is 1.99. The van der Waals surface area contributed by atoms with Crippen LogP contribution in [0, 0.1) is 11.8 Å². The van der Waals surface area contributed by atoms with E-state index in [1.54, 1.807) is 5.92 Å². The van der Waals surface area contributed by atoms with Crippen molar-refractivity contribution in [3.8, 4) is 11.8 Å². The van der Waals surface area contributed by atoms with Crippen molar-refractivity contribution in [1.82, 2.24) is 0 Å². The van der Waals surface area contributed by atoms with Gasteiger partial charge in [0.25, 0.3) is 6.43 Å². The van der Waals surface area contributed by atoms with Crippen LogP contribution in [0.1, 0.15) is 26.2 Å². The molecular weight excluding hydrogens is 150 g/mol. The minimum atomic E-state index is -2.63. The van der Waals surface area contributed by atoms with Crippen molar-refractivity contribution in [2.45, 2.75) is 38.7 Å². The Kier molecular flexibility index (Phi) is 5.77. The van der Waals surface area contributed by atoms with Gasteiger partial charge in [-0.15, -0.1) is 0 Å². The van der Waals surface area contributed by atoms with Gasteiger partial charge in [0, 0.05) is 0 Å². The molecule has 0 rings (SSSR count). The molecule has 0 aromatic rings. The lowest BCUT2D eigenvalue weighted by Gasteiger charge is -1.99. The van der Waals surface area contributed by atoms with Gasteiger partial charge in [-0.2, -0.15) is 8.78 Å². The zero-order valence-electron chi connectivity index (χ0n) is 6.48. The van der Waals surface area contributed by atoms with Crippen LogP contribution >= 0.6 is 0 Å². The molecule has 3 heteroatoms. The zero-order valence-corrected chi connectivity index (χ0v) is 6.48. The van der Waals surface area contributed by atoms with Gasteiger partial charge in [-0.3, -0.25) is 0 Å². The molecular formula is C8H12F2O. The molecule has 0 bridgehead atoms. The maximum Gasteiger partial charge on any atom is 0.298 e. The molecule has 0 spiro atoms. The van der Waals surface area contributed by atoms with E-state index >= 15 is 0 Å². The SMILES string of the molecule is CCCCC(O)C#CC(F)F. The first-order valence-corrected chi connectivity index (χ1v) is 3.64. The van der Waals surface area contributed by atoms with E-state index in [9.17, 15) is 8.78 Å². The maximum atomic E-state index is 11.4. The Hall–Kier alpha value is -0.620. The standard InChI is InChI=1S/C8H12F2O/c1-2-3-4-7(11)5-6-8(9)10/h7-8,11H,2-4H2,1H3. The van der Waals surface area contributed by atoms with Crippen molar-refractivity contribution in [2.75, 3.05) is 0 Å². The summed E-state index contributed by atoms with van der Waals surface area (Å²) in [5.74, 6) is 3.69. The predicted molar refractivity (Wildman–Crippen MR) is 39.3 cm³/mol. The highest BCUT2D eigenvalue weighted by Gasteiger charge is 1.98. The molecule has 0 saturated heterocycles. The van der Waals surface area contributed by atoms with E-state index in [0.29, 0.717) is 6.42 Å². The van der Waals surface area contributed by atoms with Crippen LogP contribution in [0.2, 0.25) is 0 Å². The number of hydrogen-bond donors (Lipinski definition) is 1. The van der Waals surface area contributed by atoms with Gasteiger partial charge < -0.3 is 5.11 Å². The largest absolute Gasteiger partial charge is 0.380 e. The summed E-state index contributed by atoms with van der Waals surface area (Å²) in [6, 6.07) is 0. The number of halogens is 2. The van der Waals surface area contributed by atoms with Crippen LogP contribution in [0.15, 0.2) is 0 Å². The van der Waals surface area contributed by atoms with Gasteiger partial charge in [0.2, 0.25) is 0 Å². The van der Waals surface area contributed by atoms with Crippen LogP contribution in [0.4, 0.5) is 8.78 Å². The van der Waals surface area contributed by atoms with Gasteiger partial charge in [-0.05, 0) is 12.3 Å². The number of aliphatic hydroxyl groups excluding tert-OH is 1. The van der Waals surface area contributed by atoms with Crippen molar-refractivity contribution < 1.29 is 13.9 Å². The number of rotatable bonds is 3. The minimum absolute atomic E-state index is 0.482. The van der Waals surface area contributed by atoms with E-state index in [1.807, 2.05) is 6.92 Å². The topological polar surface area (TPSA) is 20.2 Å². The van der Waals surface area contributed by atoms with E-state index in [1.165, 1.54) is 0 Å². The molecule has 0 fully saturated rings. The van der Waals surface area contributed by atoms with Gasteiger partial charge in [-0.1, -0.05) is 25.7 Å². The summed E-state index contributed by atoms with van der Waals surface area (Å²) < 4.78 is 22.9. The molecule has 1 N–H and O–H groups in total. The van der Waals surface area contributed by atoms with Crippen LogP contribution in [0.3, 0.4) is 0 Å². The lowest BCUT2D eigenvalue weighted by Crippen LogP contribution is -2.02. The van der Waals surface area contributed by atoms with Gasteiger partial charge in [0.05, 0.1) is 0 Å². The maximum absolute atomic E-state index is 11.4. The summed E-state index contributed by atoms with van der Waals surface area (Å²) in [6.07, 6.45) is -1.28. The fraction of sp³-hybridized carbons (Fsp3) is 0.750. The Morgan fingerprint density at radius 1 is 1.36 bits per heavy atom. The van der Waals surface area contributed by atoms with Crippen molar-refractivity contribution in [3.63, 3.8) is 0 Å². The highest BCUT2D eigenvalue weighted by molar-refractivity contribution is 5.06. The van der Waals surface area contributed by atoms with Gasteiger partial charge in [0.15, 0.2) is 0 Å². The smallest absolute Gasteiger partial charge is 0.298 e. The Morgan fingerprint density at radius 2 is 2.00 bits per heavy atom. The fourth-order valence-electron chi connectivity index (χ4n) is 0.629. The first-order chi connectivity index (χ1) is 5.16. The van der Waals surface area contributed by atoms with E-state index < -0.39 is 12.5 Å². The molecule has 0 amide bonds. The molecule has 11 heavy (non-hydrogen) atoms. The summed E-state index contributed by atoms with van der Waals surface area (Å²) in [7, 11) is 0. The molecule has 1 unspecified atom stereocenters. The summed E-state index contributed by atoms with van der Waals surface area (Å²) in [5.41, 5.74) is 0. The second kappa shape index (κ2) is 6.11. The van der Waals surface area contributed by atoms with Crippen LogP contribution in [0.5, 0.6) is 0 Å². The molecule has 0 heterocycles. The highest BCUT2D eigenvalue weighted by atomic mass is 19.3. The van der Waals surface area contributed by atoms with Crippen molar-refractivity contribution in [1.29, 1.82) is 0 Å². The average molecular weight is 162 g/mol. The molecule has 0 aromatic heterocycles. The third-order valence-corrected chi connectivity index (χ3v) is 1.19. The number of aliphatic hydroxyl groups is 1. The van der Waals surface area contributed by atoms with E-state index in [0.717, 1.165) is 12.8 Å². The Balaban J connectivity index is 3.53. The molecule has 0 aromatic carbocycles. The van der Waals surface area contributed by atoms with Gasteiger partial charge >= 0.3 is 0 Å². The van der Waals surface area contributed by atoms with Crippen LogP contribution in [-0.2, 0) is 0 Å². The van der Waals surface area contributed by atoms with Crippen LogP contribution < -0.4 is 0 Å². The molecule has 1 atom stereocenters. The monoisotopic (exact) mass is 162 g/mol. The normalized spacial score (nSPS) is 12.5. The van der Waals surface area contributed by atoms with Crippen molar-refractivity contribution in [3.05, 3.63) is 0 Å². The van der Waals surface area contributed by atoms with Gasteiger partial charge in [0.1, 0.15) is 6.10 Å². The zero-order chi connectivity index (χ0) is 8.69. The summed E-state index contributed by atoms with van der Waals surface area (Å²) in [5, 5.41) is 8.92. The van der Waals surface area contributed by atoms with E-state index in [-0.39, 0.29) is 0 Å². The lowest BCUT2D eigenvalue weighted by atomic mass is 10.2. The first kappa shape index (κ1) is 10.4. The molecule has 0 radical (unpaired) electrons. The third-order valence-electron chi connectivity index (χ3n) is 1.19. The average Bonchev–Trinajstić information content (AvgIpc) is 1.97. The molecule has 64 valence electrons. The number of hydrogen-bond acceptors (Lipinski definition) is 1. The quantitative estimate of drug-likeness (QED) is 0.627. The minimum Gasteiger partial charge on any atom is -0.380 e. The molecule has 0 saturated carbocycles. The van der Waals surface area contributed by atoms with E-state index in [2.05, 4.69) is 5.92 Å². The predicted octanol–water partition coefficient (Wildman–Crippen LogP) is 1.81. The fourth-order valence-corrected chi connectivity index (χ4v) is 0.629. The molecule has 0 aliphatic rings. The van der Waals surface area contributed by atoms with Crippen molar-refractivity contribution >= 4 is 0 Å². The lowest BCUT2D eigenvalue weighted by molar-refractivity contribution is 0.205. The number of unbranched alkanes of at least 4 members (excludes halogenated alkanes) is 1. The first-order valence-electron chi connectivity index (χ1n) is 3.64. The number of alkyl halides is 2. The van der Waals surface area contributed by atoms with Crippen molar-refractivity contribution in [2.24, 2.45) is 0 Å². The molecule has 0 aliphatic heterocycles. The second-order valence-corrected chi connectivity index (χ2v) is 2.25. The Labute approximate surface area is 65.4 Å². The second-order valence-electron chi connectivity index (χ2n) is 2.25. The molecule has 1 nitrogen and oxygen atoms in total. The Morgan fingerprint density at radius 3 is 2.45 bits per heavy atom. The molecule has 0 aliphatic carbocycles. The Bertz CT molecular complexity index is 146. The van der Waals surface area contributed by atoms with Crippen LogP contribution in [0.25, 0.3) is 0 Å². The third kappa shape index (κ3) is 7.27. The van der Waals surface area contributed by atoms with Gasteiger partial charge in [-0.25, -0.2) is 0 Å².